The number of para-hydroxylation sites is 1. The number of hydrogen-bond donors (Lipinski definition) is 2. The minimum absolute atomic E-state index is 0.0866. The van der Waals surface area contributed by atoms with E-state index in [9.17, 15) is 4.39 Å². The van der Waals surface area contributed by atoms with Crippen LogP contribution in [0.3, 0.4) is 0 Å². The van der Waals surface area contributed by atoms with Crippen LogP contribution in [-0.2, 0) is 0 Å². The lowest BCUT2D eigenvalue weighted by Gasteiger charge is -2.23. The molecule has 0 atom stereocenters. The number of oxime groups is 1. The van der Waals surface area contributed by atoms with E-state index in [-0.39, 0.29) is 11.7 Å². The molecule has 0 unspecified atom stereocenters. The molecule has 2 aromatic rings. The summed E-state index contributed by atoms with van der Waals surface area (Å²) in [4.78, 5) is 5.79. The highest BCUT2D eigenvalue weighted by molar-refractivity contribution is 5.96. The first-order chi connectivity index (χ1) is 9.67. The molecule has 104 valence electrons. The Hall–Kier alpha value is -2.63. The molecule has 1 aromatic heterocycles. The second-order valence-electron chi connectivity index (χ2n) is 4.08. The summed E-state index contributed by atoms with van der Waals surface area (Å²) in [5, 5.41) is 11.6. The fourth-order valence-corrected chi connectivity index (χ4v) is 1.94. The van der Waals surface area contributed by atoms with Gasteiger partial charge < -0.3 is 15.8 Å². The Balaban J connectivity index is 2.45. The number of amidine groups is 1. The molecule has 0 amide bonds. The van der Waals surface area contributed by atoms with Crippen molar-refractivity contribution in [3.63, 3.8) is 0 Å². The number of pyridine rings is 1. The summed E-state index contributed by atoms with van der Waals surface area (Å²) in [6.45, 7) is 2.48. The molecule has 0 fully saturated rings. The zero-order chi connectivity index (χ0) is 14.5. The van der Waals surface area contributed by atoms with Crippen LogP contribution >= 0.6 is 0 Å². The molecule has 0 radical (unpaired) electrons. The number of benzene rings is 1. The number of nitrogens with two attached hydrogens (primary N) is 1. The van der Waals surface area contributed by atoms with Gasteiger partial charge in [0.1, 0.15) is 11.5 Å². The van der Waals surface area contributed by atoms with Gasteiger partial charge in [-0.05, 0) is 31.2 Å². The van der Waals surface area contributed by atoms with Gasteiger partial charge in [-0.15, -0.1) is 0 Å². The quantitative estimate of drug-likeness (QED) is 0.389. The van der Waals surface area contributed by atoms with Crippen LogP contribution < -0.4 is 10.6 Å². The van der Waals surface area contributed by atoms with E-state index in [0.717, 1.165) is 0 Å². The van der Waals surface area contributed by atoms with E-state index in [1.807, 2.05) is 6.92 Å². The monoisotopic (exact) mass is 274 g/mol. The Kier molecular flexibility index (Phi) is 4.14. The van der Waals surface area contributed by atoms with E-state index in [2.05, 4.69) is 10.1 Å². The summed E-state index contributed by atoms with van der Waals surface area (Å²) >= 11 is 0. The van der Waals surface area contributed by atoms with E-state index in [4.69, 9.17) is 10.9 Å². The van der Waals surface area contributed by atoms with Gasteiger partial charge in [0, 0.05) is 18.4 Å². The van der Waals surface area contributed by atoms with E-state index < -0.39 is 0 Å². The predicted molar refractivity (Wildman–Crippen MR) is 75.8 cm³/mol. The van der Waals surface area contributed by atoms with Gasteiger partial charge in [0.15, 0.2) is 5.84 Å². The third-order valence-corrected chi connectivity index (χ3v) is 2.88. The maximum atomic E-state index is 13.9. The van der Waals surface area contributed by atoms with Crippen molar-refractivity contribution in [1.29, 1.82) is 0 Å². The molecule has 6 heteroatoms. The van der Waals surface area contributed by atoms with Crippen molar-refractivity contribution in [3.05, 3.63) is 54.1 Å². The first-order valence-electron chi connectivity index (χ1n) is 6.13. The Morgan fingerprint density at radius 2 is 2.15 bits per heavy atom. The Morgan fingerprint density at radius 3 is 2.80 bits per heavy atom. The highest BCUT2D eigenvalue weighted by Gasteiger charge is 2.13. The summed E-state index contributed by atoms with van der Waals surface area (Å²) in [5.74, 6) is -0.395. The topological polar surface area (TPSA) is 74.7 Å². The van der Waals surface area contributed by atoms with Gasteiger partial charge in [0.05, 0.1) is 5.69 Å². The number of rotatable bonds is 4. The molecule has 20 heavy (non-hydrogen) atoms. The van der Waals surface area contributed by atoms with Gasteiger partial charge in [-0.3, -0.25) is 4.98 Å². The first kappa shape index (κ1) is 13.8. The minimum Gasteiger partial charge on any atom is -0.409 e. The van der Waals surface area contributed by atoms with E-state index in [1.165, 1.54) is 12.3 Å². The molecule has 5 nitrogen and oxygen atoms in total. The predicted octanol–water partition coefficient (Wildman–Crippen LogP) is 2.47. The third kappa shape index (κ3) is 2.69. The lowest BCUT2D eigenvalue weighted by molar-refractivity contribution is 0.318. The zero-order valence-corrected chi connectivity index (χ0v) is 11.0. The third-order valence-electron chi connectivity index (χ3n) is 2.88. The molecule has 0 saturated carbocycles. The van der Waals surface area contributed by atoms with Crippen LogP contribution in [0.25, 0.3) is 0 Å². The Bertz CT molecular complexity index is 630. The fraction of sp³-hybridized carbons (Fsp3) is 0.143. The molecule has 1 aromatic carbocycles. The van der Waals surface area contributed by atoms with Gasteiger partial charge in [-0.1, -0.05) is 17.3 Å². The summed E-state index contributed by atoms with van der Waals surface area (Å²) in [6.07, 6.45) is 1.53. The molecule has 0 aliphatic carbocycles. The van der Waals surface area contributed by atoms with Gasteiger partial charge in [-0.25, -0.2) is 4.39 Å². The van der Waals surface area contributed by atoms with E-state index >= 15 is 0 Å². The van der Waals surface area contributed by atoms with Crippen molar-refractivity contribution in [1.82, 2.24) is 4.98 Å². The molecular formula is C14H15FN4O. The molecule has 0 saturated heterocycles. The Morgan fingerprint density at radius 1 is 1.40 bits per heavy atom. The summed E-state index contributed by atoms with van der Waals surface area (Å²) < 4.78 is 13.9. The minimum atomic E-state index is -0.309. The highest BCUT2D eigenvalue weighted by Crippen LogP contribution is 2.27. The van der Waals surface area contributed by atoms with Crippen LogP contribution in [-0.4, -0.2) is 22.6 Å². The van der Waals surface area contributed by atoms with Crippen molar-refractivity contribution in [2.45, 2.75) is 6.92 Å². The number of nitrogens with zero attached hydrogens (tertiary/aromatic N) is 3. The van der Waals surface area contributed by atoms with Crippen molar-refractivity contribution >= 4 is 17.2 Å². The summed E-state index contributed by atoms with van der Waals surface area (Å²) in [5.41, 5.74) is 7.03. The van der Waals surface area contributed by atoms with Crippen LogP contribution in [0.15, 0.2) is 47.8 Å². The number of aromatic nitrogens is 1. The maximum Gasteiger partial charge on any atom is 0.188 e. The number of anilines is 2. The number of hydrogen-bond acceptors (Lipinski definition) is 4. The fourth-order valence-electron chi connectivity index (χ4n) is 1.94. The lowest BCUT2D eigenvalue weighted by Crippen LogP contribution is -2.20. The average Bonchev–Trinajstić information content (AvgIpc) is 2.49. The van der Waals surface area contributed by atoms with E-state index in [0.29, 0.717) is 23.6 Å². The van der Waals surface area contributed by atoms with Crippen LogP contribution in [0, 0.1) is 5.82 Å². The highest BCUT2D eigenvalue weighted by atomic mass is 19.1. The second-order valence-corrected chi connectivity index (χ2v) is 4.08. The SMILES string of the molecule is CCN(c1ccnc(C(N)=NO)c1)c1ccccc1F. The molecule has 1 heterocycles. The van der Waals surface area contributed by atoms with Crippen molar-refractivity contribution in [2.24, 2.45) is 10.9 Å². The number of halogens is 1. The van der Waals surface area contributed by atoms with E-state index in [1.54, 1.807) is 35.2 Å². The molecule has 0 aliphatic heterocycles. The van der Waals surface area contributed by atoms with Crippen molar-refractivity contribution < 1.29 is 9.60 Å². The molecule has 0 aliphatic rings. The van der Waals surface area contributed by atoms with Crippen molar-refractivity contribution in [2.75, 3.05) is 11.4 Å². The molecule has 0 bridgehead atoms. The molecule has 0 spiro atoms. The van der Waals surface area contributed by atoms with Crippen LogP contribution in [0.1, 0.15) is 12.6 Å². The van der Waals surface area contributed by atoms with Gasteiger partial charge >= 0.3 is 0 Å². The normalized spacial score (nSPS) is 11.4. The smallest absolute Gasteiger partial charge is 0.188 e. The van der Waals surface area contributed by atoms with Gasteiger partial charge in [0.25, 0.3) is 0 Å². The molecule has 2 rings (SSSR count). The molecule has 3 N–H and O–H groups in total. The van der Waals surface area contributed by atoms with Crippen LogP contribution in [0.5, 0.6) is 0 Å². The van der Waals surface area contributed by atoms with Crippen LogP contribution in [0.2, 0.25) is 0 Å². The second kappa shape index (κ2) is 6.01. The van der Waals surface area contributed by atoms with Gasteiger partial charge in [0.2, 0.25) is 0 Å². The van der Waals surface area contributed by atoms with Crippen molar-refractivity contribution in [3.8, 4) is 0 Å². The maximum absolute atomic E-state index is 13.9. The Labute approximate surface area is 116 Å². The van der Waals surface area contributed by atoms with Crippen LogP contribution in [0.4, 0.5) is 15.8 Å². The molecular weight excluding hydrogens is 259 g/mol. The largest absolute Gasteiger partial charge is 0.409 e. The summed E-state index contributed by atoms with van der Waals surface area (Å²) in [6, 6.07) is 9.90. The van der Waals surface area contributed by atoms with Gasteiger partial charge in [-0.2, -0.15) is 0 Å². The summed E-state index contributed by atoms with van der Waals surface area (Å²) in [7, 11) is 0. The standard InChI is InChI=1S/C14H15FN4O/c1-2-19(13-6-4-3-5-11(13)15)10-7-8-17-12(9-10)14(16)18-20/h3-9,20H,2H2,1H3,(H2,16,18). The average molecular weight is 274 g/mol. The first-order valence-corrected chi connectivity index (χ1v) is 6.13. The zero-order valence-electron chi connectivity index (χ0n) is 11.0. The lowest BCUT2D eigenvalue weighted by atomic mass is 10.2.